The quantitative estimate of drug-likeness (QED) is 0.342. The van der Waals surface area contributed by atoms with E-state index in [-0.39, 0.29) is 28.3 Å². The second-order valence-electron chi connectivity index (χ2n) is 13.1. The molecule has 0 fully saturated rings. The van der Waals surface area contributed by atoms with Crippen LogP contribution in [-0.2, 0) is 16.2 Å². The summed E-state index contributed by atoms with van der Waals surface area (Å²) in [6.45, 7) is 14.6. The van der Waals surface area contributed by atoms with Crippen LogP contribution in [0.1, 0.15) is 90.7 Å². The monoisotopic (exact) mass is 541 g/mol. The van der Waals surface area contributed by atoms with Crippen LogP contribution in [0, 0.1) is 10.8 Å². The first-order valence-electron chi connectivity index (χ1n) is 14.8. The molecule has 0 aromatic heterocycles. The summed E-state index contributed by atoms with van der Waals surface area (Å²) >= 11 is 0. The summed E-state index contributed by atoms with van der Waals surface area (Å²) in [5.74, 6) is 1.23. The van der Waals surface area contributed by atoms with E-state index in [2.05, 4.69) is 39.5 Å². The van der Waals surface area contributed by atoms with E-state index in [1.54, 1.807) is 0 Å². The molecule has 1 heterocycles. The summed E-state index contributed by atoms with van der Waals surface area (Å²) in [6.07, 6.45) is 3.57. The molecule has 212 valence electrons. The molecule has 5 nitrogen and oxygen atoms in total. The third-order valence-electron chi connectivity index (χ3n) is 8.31. The Morgan fingerprint density at radius 1 is 0.775 bits per heavy atom. The van der Waals surface area contributed by atoms with Crippen LogP contribution in [0.25, 0.3) is 0 Å². The zero-order valence-corrected chi connectivity index (χ0v) is 24.9. The summed E-state index contributed by atoms with van der Waals surface area (Å²) < 4.78 is 12.3. The van der Waals surface area contributed by atoms with Gasteiger partial charge in [-0.3, -0.25) is 9.59 Å². The van der Waals surface area contributed by atoms with Crippen LogP contribution in [0.5, 0.6) is 11.5 Å². The lowest BCUT2D eigenvalue weighted by Gasteiger charge is -2.49. The van der Waals surface area contributed by atoms with Crippen molar-refractivity contribution in [2.45, 2.75) is 86.2 Å². The predicted octanol–water partition coefficient (Wildman–Crippen LogP) is 7.76. The van der Waals surface area contributed by atoms with Crippen LogP contribution in [0.3, 0.4) is 0 Å². The molecule has 5 heteroatoms. The Morgan fingerprint density at radius 3 is 1.93 bits per heavy atom. The summed E-state index contributed by atoms with van der Waals surface area (Å²) in [5, 5.41) is 0. The fourth-order valence-electron chi connectivity index (χ4n) is 6.70. The number of hydrogen-bond acceptors (Lipinski definition) is 5. The van der Waals surface area contributed by atoms with Gasteiger partial charge in [0.15, 0.2) is 23.1 Å². The molecule has 5 rings (SSSR count). The molecule has 0 radical (unpaired) electrons. The van der Waals surface area contributed by atoms with Crippen molar-refractivity contribution >= 4 is 11.6 Å². The summed E-state index contributed by atoms with van der Waals surface area (Å²) in [4.78, 5) is 30.2. The first-order valence-corrected chi connectivity index (χ1v) is 14.8. The zero-order chi connectivity index (χ0) is 28.7. The van der Waals surface area contributed by atoms with Gasteiger partial charge in [-0.25, -0.2) is 0 Å². The molecule has 1 aliphatic heterocycles. The Kier molecular flexibility index (Phi) is 7.69. The number of ketones is 2. The minimum Gasteiger partial charge on any atom is -0.490 e. The molecule has 0 N–H and O–H groups in total. The smallest absolute Gasteiger partial charge is 0.162 e. The molecule has 0 saturated carbocycles. The number of rotatable bonds is 8. The van der Waals surface area contributed by atoms with Crippen LogP contribution in [0.15, 0.2) is 71.1 Å². The maximum absolute atomic E-state index is 13.9. The van der Waals surface area contributed by atoms with Crippen LogP contribution < -0.4 is 9.47 Å². The number of ether oxygens (including phenoxy) is 2. The van der Waals surface area contributed by atoms with Crippen LogP contribution in [0.2, 0.25) is 0 Å². The maximum Gasteiger partial charge on any atom is 0.162 e. The van der Waals surface area contributed by atoms with E-state index < -0.39 is 0 Å². The topological polar surface area (TPSA) is 55.8 Å². The number of Topliss-reactive ketones (excluding diaryl/α,β-unsaturated/α-hetero) is 2. The summed E-state index contributed by atoms with van der Waals surface area (Å²) in [5.41, 5.74) is 5.59. The van der Waals surface area contributed by atoms with Gasteiger partial charge >= 0.3 is 0 Å². The standard InChI is InChI=1S/C35H43NO4/c1-7-16-36-25-18-34(3,4)20-27(37)32(25)31(33-26(36)19-35(5,6)21-28(33)38)24-14-15-29(30(17-24)39-8-2)40-22-23-12-10-9-11-13-23/h9-15,17,31H,7-8,16,18-22H2,1-6H3. The van der Waals surface area contributed by atoms with Gasteiger partial charge in [-0.2, -0.15) is 0 Å². The van der Waals surface area contributed by atoms with E-state index in [1.807, 2.05) is 55.5 Å². The Hall–Kier alpha value is -3.34. The minimum absolute atomic E-state index is 0.121. The van der Waals surface area contributed by atoms with E-state index in [1.165, 1.54) is 0 Å². The van der Waals surface area contributed by atoms with Crippen molar-refractivity contribution in [1.29, 1.82) is 0 Å². The highest BCUT2D eigenvalue weighted by molar-refractivity contribution is 6.06. The van der Waals surface area contributed by atoms with E-state index in [9.17, 15) is 9.59 Å². The average molecular weight is 542 g/mol. The first kappa shape index (κ1) is 28.2. The number of nitrogens with zero attached hydrogens (tertiary/aromatic N) is 1. The fourth-order valence-corrected chi connectivity index (χ4v) is 6.70. The SMILES string of the molecule is CCCN1C2=C(C(=O)CC(C)(C)C2)C(c2ccc(OCc3ccccc3)c(OCC)c2)C2=C1CC(C)(C)CC2=O. The number of allylic oxidation sites excluding steroid dienone is 4. The predicted molar refractivity (Wildman–Crippen MR) is 158 cm³/mol. The van der Waals surface area contributed by atoms with Crippen molar-refractivity contribution in [3.63, 3.8) is 0 Å². The van der Waals surface area contributed by atoms with E-state index in [0.717, 1.165) is 59.5 Å². The van der Waals surface area contributed by atoms with Crippen LogP contribution >= 0.6 is 0 Å². The molecular weight excluding hydrogens is 498 g/mol. The third-order valence-corrected chi connectivity index (χ3v) is 8.31. The first-order chi connectivity index (χ1) is 19.0. The Labute approximate surface area is 239 Å². The molecule has 2 aromatic carbocycles. The number of hydrogen-bond donors (Lipinski definition) is 0. The average Bonchev–Trinajstić information content (AvgIpc) is 2.88. The summed E-state index contributed by atoms with van der Waals surface area (Å²) in [7, 11) is 0. The third kappa shape index (κ3) is 5.48. The second-order valence-corrected chi connectivity index (χ2v) is 13.1. The van der Waals surface area contributed by atoms with E-state index in [4.69, 9.17) is 9.47 Å². The van der Waals surface area contributed by atoms with E-state index in [0.29, 0.717) is 37.6 Å². The van der Waals surface area contributed by atoms with Gasteiger partial charge in [0.25, 0.3) is 0 Å². The van der Waals surface area contributed by atoms with Crippen LogP contribution in [-0.4, -0.2) is 29.6 Å². The number of carbonyl (C=O) groups excluding carboxylic acids is 2. The van der Waals surface area contributed by atoms with Crippen molar-refractivity contribution in [3.05, 3.63) is 82.2 Å². The fraction of sp³-hybridized carbons (Fsp3) is 0.486. The maximum atomic E-state index is 13.9. The van der Waals surface area contributed by atoms with Crippen molar-refractivity contribution in [2.75, 3.05) is 13.2 Å². The van der Waals surface area contributed by atoms with Crippen molar-refractivity contribution in [1.82, 2.24) is 4.90 Å². The van der Waals surface area contributed by atoms with Gasteiger partial charge in [-0.15, -0.1) is 0 Å². The number of carbonyl (C=O) groups is 2. The normalized spacial score (nSPS) is 20.4. The highest BCUT2D eigenvalue weighted by Gasteiger charge is 2.48. The van der Waals surface area contributed by atoms with Crippen molar-refractivity contribution in [3.8, 4) is 11.5 Å². The molecule has 3 aliphatic rings. The Morgan fingerprint density at radius 2 is 1.38 bits per heavy atom. The highest BCUT2D eigenvalue weighted by Crippen LogP contribution is 2.55. The molecule has 0 bridgehead atoms. The molecular formula is C35H43NO4. The van der Waals surface area contributed by atoms with Crippen LogP contribution in [0.4, 0.5) is 0 Å². The van der Waals surface area contributed by atoms with Gasteiger partial charge in [0.1, 0.15) is 6.61 Å². The molecule has 40 heavy (non-hydrogen) atoms. The highest BCUT2D eigenvalue weighted by atomic mass is 16.5. The molecule has 0 amide bonds. The lowest BCUT2D eigenvalue weighted by molar-refractivity contribution is -0.119. The van der Waals surface area contributed by atoms with Gasteiger partial charge in [0, 0.05) is 47.8 Å². The molecule has 0 atom stereocenters. The second kappa shape index (κ2) is 10.9. The van der Waals surface area contributed by atoms with Gasteiger partial charge in [0.05, 0.1) is 6.61 Å². The summed E-state index contributed by atoms with van der Waals surface area (Å²) in [6, 6.07) is 16.0. The molecule has 0 unspecified atom stereocenters. The van der Waals surface area contributed by atoms with E-state index >= 15 is 0 Å². The largest absolute Gasteiger partial charge is 0.490 e. The van der Waals surface area contributed by atoms with Gasteiger partial charge < -0.3 is 14.4 Å². The minimum atomic E-state index is -0.382. The van der Waals surface area contributed by atoms with Gasteiger partial charge in [-0.05, 0) is 60.3 Å². The molecule has 2 aliphatic carbocycles. The zero-order valence-electron chi connectivity index (χ0n) is 24.9. The Bertz CT molecular complexity index is 1310. The van der Waals surface area contributed by atoms with Gasteiger partial charge in [0.2, 0.25) is 0 Å². The van der Waals surface area contributed by atoms with Crippen molar-refractivity contribution in [2.24, 2.45) is 10.8 Å². The lowest BCUT2D eigenvalue weighted by atomic mass is 9.63. The molecule has 0 saturated heterocycles. The van der Waals surface area contributed by atoms with Gasteiger partial charge in [-0.1, -0.05) is 71.0 Å². The molecule has 2 aromatic rings. The Balaban J connectivity index is 1.64. The van der Waals surface area contributed by atoms with Crippen molar-refractivity contribution < 1.29 is 19.1 Å². The number of benzene rings is 2. The molecule has 0 spiro atoms. The lowest BCUT2D eigenvalue weighted by Crippen LogP contribution is -2.44.